The fourth-order valence-corrected chi connectivity index (χ4v) is 2.25. The summed E-state index contributed by atoms with van der Waals surface area (Å²) in [6.07, 6.45) is 1.84. The van der Waals surface area contributed by atoms with Gasteiger partial charge in [-0.05, 0) is 58.0 Å². The van der Waals surface area contributed by atoms with Crippen molar-refractivity contribution in [3.63, 3.8) is 0 Å². The van der Waals surface area contributed by atoms with Gasteiger partial charge in [0, 0.05) is 21.1 Å². The zero-order valence-electron chi connectivity index (χ0n) is 6.64. The number of alkyl halides is 2. The summed E-state index contributed by atoms with van der Waals surface area (Å²) in [5.74, 6) is 0. The first-order valence-electron chi connectivity index (χ1n) is 3.33. The second kappa shape index (κ2) is 5.73. The van der Waals surface area contributed by atoms with Gasteiger partial charge >= 0.3 is 0 Å². The summed E-state index contributed by atoms with van der Waals surface area (Å²) in [4.78, 5) is 0. The molecule has 0 radical (unpaired) electrons. The Balaban J connectivity index is 0. The molecule has 0 aromatic carbocycles. The topological polar surface area (TPSA) is 52.0 Å². The Labute approximate surface area is 110 Å². The Morgan fingerprint density at radius 1 is 1.09 bits per heavy atom. The van der Waals surface area contributed by atoms with Crippen molar-refractivity contribution in [3.8, 4) is 0 Å². The van der Waals surface area contributed by atoms with Crippen LogP contribution >= 0.6 is 45.2 Å². The fraction of sp³-hybridized carbons (Fsp3) is 1.00. The number of rotatable bonds is 3. The van der Waals surface area contributed by atoms with Crippen LogP contribution in [0, 0.1) is 0 Å². The van der Waals surface area contributed by atoms with E-state index in [2.05, 4.69) is 59.0 Å². The Bertz CT molecular complexity index is 110. The minimum absolute atomic E-state index is 0. The third-order valence-corrected chi connectivity index (χ3v) is 4.07. The molecule has 0 unspecified atom stereocenters. The summed E-state index contributed by atoms with van der Waals surface area (Å²) in [6, 6.07) is 0. The zero-order chi connectivity index (χ0) is 8.41. The molecule has 0 aromatic rings. The maximum absolute atomic E-state index is 6.03. The van der Waals surface area contributed by atoms with Gasteiger partial charge in [0.05, 0.1) is 5.54 Å². The number of halogens is 2. The van der Waals surface area contributed by atoms with Gasteiger partial charge in [0.25, 0.3) is 0 Å². The van der Waals surface area contributed by atoms with E-state index in [1.165, 1.54) is 0 Å². The van der Waals surface area contributed by atoms with Gasteiger partial charge in [-0.25, -0.2) is 0 Å². The van der Waals surface area contributed by atoms with Crippen molar-refractivity contribution in [2.75, 3.05) is 0 Å². The molecule has 5 heteroatoms. The van der Waals surface area contributed by atoms with Gasteiger partial charge in [0.2, 0.25) is 0 Å². The van der Waals surface area contributed by atoms with E-state index in [0.29, 0.717) is 0 Å². The molecule has 0 saturated heterocycles. The average Bonchev–Trinajstić information content (AvgIpc) is 1.84. The van der Waals surface area contributed by atoms with E-state index in [-0.39, 0.29) is 28.2 Å². The predicted octanol–water partition coefficient (Wildman–Crippen LogP) is 1.98. The Morgan fingerprint density at radius 3 is 1.36 bits per heavy atom. The first-order valence-corrected chi connectivity index (χ1v) is 5.48. The van der Waals surface area contributed by atoms with E-state index in [4.69, 9.17) is 11.5 Å². The van der Waals surface area contributed by atoms with Gasteiger partial charge in [-0.1, -0.05) is 13.8 Å². The van der Waals surface area contributed by atoms with Gasteiger partial charge in [-0.2, -0.15) is 0 Å². The SMILES string of the molecule is CCC(N)(CC)C(N)(I)I.[Pt]. The van der Waals surface area contributed by atoms with Crippen LogP contribution in [0.15, 0.2) is 0 Å². The minimum atomic E-state index is -0.327. The third-order valence-electron chi connectivity index (χ3n) is 1.93. The molecule has 0 spiro atoms. The van der Waals surface area contributed by atoms with E-state index in [1.54, 1.807) is 0 Å². The molecule has 0 heterocycles. The van der Waals surface area contributed by atoms with Crippen molar-refractivity contribution < 1.29 is 21.1 Å². The number of hydrogen-bond donors (Lipinski definition) is 2. The van der Waals surface area contributed by atoms with Crippen LogP contribution in [0.3, 0.4) is 0 Å². The normalized spacial score (nSPS) is 12.5. The van der Waals surface area contributed by atoms with E-state index < -0.39 is 0 Å². The quantitative estimate of drug-likeness (QED) is 0.314. The molecule has 0 rings (SSSR count). The van der Waals surface area contributed by atoms with Crippen molar-refractivity contribution in [2.45, 2.75) is 33.8 Å². The number of nitrogens with two attached hydrogens (primary N) is 2. The third kappa shape index (κ3) is 4.20. The predicted molar refractivity (Wildman–Crippen MR) is 62.5 cm³/mol. The molecule has 4 N–H and O–H groups in total. The van der Waals surface area contributed by atoms with Crippen LogP contribution in [-0.4, -0.2) is 7.09 Å². The molecule has 0 bridgehead atoms. The van der Waals surface area contributed by atoms with E-state index in [1.807, 2.05) is 0 Å². The van der Waals surface area contributed by atoms with Crippen molar-refractivity contribution in [3.05, 3.63) is 0 Å². The largest absolute Gasteiger partial charge is 0.322 e. The van der Waals surface area contributed by atoms with Crippen LogP contribution in [0.4, 0.5) is 0 Å². The average molecular weight is 563 g/mol. The molecule has 0 aliphatic heterocycles. The van der Waals surface area contributed by atoms with Crippen LogP contribution in [0.25, 0.3) is 0 Å². The van der Waals surface area contributed by atoms with Crippen molar-refractivity contribution in [1.82, 2.24) is 0 Å². The van der Waals surface area contributed by atoms with Crippen LogP contribution in [-0.2, 0) is 21.1 Å². The number of hydrogen-bond acceptors (Lipinski definition) is 2. The Kier molecular flexibility index (Phi) is 8.09. The summed E-state index contributed by atoms with van der Waals surface area (Å²) >= 11 is 4.39. The molecule has 0 amide bonds. The molecule has 0 aromatic heterocycles. The monoisotopic (exact) mass is 563 g/mol. The second-order valence-electron chi connectivity index (χ2n) is 2.49. The Hall–Kier alpha value is 2.07. The summed E-state index contributed by atoms with van der Waals surface area (Å²) < 4.78 is -0.327. The molecule has 0 fully saturated rings. The molecule has 0 saturated carbocycles. The van der Waals surface area contributed by atoms with Crippen LogP contribution in [0.5, 0.6) is 0 Å². The smallest absolute Gasteiger partial charge is 0.138 e. The first kappa shape index (κ1) is 15.5. The van der Waals surface area contributed by atoms with Crippen molar-refractivity contribution in [2.24, 2.45) is 11.5 Å². The summed E-state index contributed by atoms with van der Waals surface area (Å²) in [6.45, 7) is 4.14. The second-order valence-corrected chi connectivity index (χ2v) is 7.95. The zero-order valence-corrected chi connectivity index (χ0v) is 13.2. The van der Waals surface area contributed by atoms with Crippen LogP contribution in [0.2, 0.25) is 0 Å². The van der Waals surface area contributed by atoms with Gasteiger partial charge in [0.15, 0.2) is 0 Å². The van der Waals surface area contributed by atoms with Crippen LogP contribution in [0.1, 0.15) is 26.7 Å². The van der Waals surface area contributed by atoms with Gasteiger partial charge in [-0.15, -0.1) is 0 Å². The summed E-state index contributed by atoms with van der Waals surface area (Å²) in [5, 5.41) is 0. The van der Waals surface area contributed by atoms with Gasteiger partial charge in [-0.3, -0.25) is 0 Å². The standard InChI is InChI=1S/C6H14I2N2.Pt/c1-3-5(9,4-2)6(7,8)10;/h3-4,9-10H2,1-2H3;. The molecular weight excluding hydrogens is 549 g/mol. The Morgan fingerprint density at radius 2 is 1.36 bits per heavy atom. The molecule has 11 heavy (non-hydrogen) atoms. The molecular formula is C6H14I2N2Pt. The van der Waals surface area contributed by atoms with E-state index >= 15 is 0 Å². The molecule has 0 aliphatic carbocycles. The maximum Gasteiger partial charge on any atom is 0.138 e. The molecule has 0 atom stereocenters. The molecule has 72 valence electrons. The minimum Gasteiger partial charge on any atom is -0.322 e. The fourth-order valence-electron chi connectivity index (χ4n) is 0.721. The van der Waals surface area contributed by atoms with E-state index in [0.717, 1.165) is 12.8 Å². The maximum atomic E-state index is 6.03. The van der Waals surface area contributed by atoms with Gasteiger partial charge in [0.1, 0.15) is 1.55 Å². The van der Waals surface area contributed by atoms with Crippen LogP contribution < -0.4 is 11.5 Å². The summed E-state index contributed by atoms with van der Waals surface area (Å²) in [5.41, 5.74) is 11.7. The van der Waals surface area contributed by atoms with Gasteiger partial charge < -0.3 is 11.5 Å². The summed E-state index contributed by atoms with van der Waals surface area (Å²) in [7, 11) is 0. The van der Waals surface area contributed by atoms with Crippen molar-refractivity contribution in [1.29, 1.82) is 0 Å². The molecule has 0 aliphatic rings. The van der Waals surface area contributed by atoms with E-state index in [9.17, 15) is 0 Å². The molecule has 2 nitrogen and oxygen atoms in total. The first-order chi connectivity index (χ1) is 4.37. The van der Waals surface area contributed by atoms with Crippen molar-refractivity contribution >= 4 is 45.2 Å².